The van der Waals surface area contributed by atoms with E-state index in [1.807, 2.05) is 13.8 Å². The maximum atomic E-state index is 12.3. The third-order valence-corrected chi connectivity index (χ3v) is 6.09. The summed E-state index contributed by atoms with van der Waals surface area (Å²) in [5, 5.41) is 0. The van der Waals surface area contributed by atoms with Crippen LogP contribution in [-0.2, 0) is 16.6 Å². The van der Waals surface area contributed by atoms with Crippen LogP contribution in [0.25, 0.3) is 0 Å². The molecule has 0 saturated carbocycles. The third-order valence-electron chi connectivity index (χ3n) is 4.32. The number of furan rings is 1. The normalized spacial score (nSPS) is 12.1. The summed E-state index contributed by atoms with van der Waals surface area (Å²) in [5.41, 5.74) is 4.15. The molecule has 0 atom stereocenters. The van der Waals surface area contributed by atoms with Gasteiger partial charge in [-0.1, -0.05) is 13.8 Å². The number of hydrogen-bond donors (Lipinski definition) is 3. The van der Waals surface area contributed by atoms with Crippen molar-refractivity contribution in [3.8, 4) is 0 Å². The Hall–Kier alpha value is -2.69. The van der Waals surface area contributed by atoms with Crippen LogP contribution in [0.2, 0.25) is 0 Å². The standard InChI is InChI=1S/C21H30N4O5S/c1-6-25(7-2)14-16-10-13-18(30-16)20(27)23-22-19(26)15-8-11-17(12-9-15)31(28,29)24-21(3,4)5/h8-13,24H,6-7,14H2,1-5H3,(H,22,26)(H,23,27). The highest BCUT2D eigenvalue weighted by Crippen LogP contribution is 2.14. The molecule has 0 aliphatic carbocycles. The molecule has 10 heteroatoms. The van der Waals surface area contributed by atoms with Gasteiger partial charge in [0, 0.05) is 11.1 Å². The smallest absolute Gasteiger partial charge is 0.305 e. The second-order valence-corrected chi connectivity index (χ2v) is 9.70. The Balaban J connectivity index is 1.95. The Morgan fingerprint density at radius 1 is 0.935 bits per heavy atom. The molecule has 170 valence electrons. The van der Waals surface area contributed by atoms with Crippen molar-refractivity contribution in [2.24, 2.45) is 0 Å². The maximum Gasteiger partial charge on any atom is 0.305 e. The molecule has 1 aromatic heterocycles. The molecule has 2 amide bonds. The van der Waals surface area contributed by atoms with Gasteiger partial charge in [-0.05, 0) is 70.3 Å². The van der Waals surface area contributed by atoms with E-state index in [2.05, 4.69) is 20.5 Å². The SMILES string of the molecule is CCN(CC)Cc1ccc(C(=O)NNC(=O)c2ccc(S(=O)(=O)NC(C)(C)C)cc2)o1. The largest absolute Gasteiger partial charge is 0.454 e. The fraction of sp³-hybridized carbons (Fsp3) is 0.429. The van der Waals surface area contributed by atoms with Crippen molar-refractivity contribution >= 4 is 21.8 Å². The van der Waals surface area contributed by atoms with E-state index in [1.54, 1.807) is 32.9 Å². The summed E-state index contributed by atoms with van der Waals surface area (Å²) in [4.78, 5) is 26.7. The van der Waals surface area contributed by atoms with Crippen molar-refractivity contribution in [2.45, 2.75) is 51.6 Å². The van der Waals surface area contributed by atoms with E-state index in [0.717, 1.165) is 13.1 Å². The predicted molar refractivity (Wildman–Crippen MR) is 117 cm³/mol. The van der Waals surface area contributed by atoms with Crippen molar-refractivity contribution < 1.29 is 22.4 Å². The van der Waals surface area contributed by atoms with Crippen molar-refractivity contribution in [1.29, 1.82) is 0 Å². The summed E-state index contributed by atoms with van der Waals surface area (Å²) in [7, 11) is -3.70. The summed E-state index contributed by atoms with van der Waals surface area (Å²) in [6.45, 7) is 11.6. The van der Waals surface area contributed by atoms with Crippen LogP contribution in [-0.4, -0.2) is 43.8 Å². The van der Waals surface area contributed by atoms with Gasteiger partial charge >= 0.3 is 5.91 Å². The number of rotatable bonds is 8. The molecule has 0 spiro atoms. The first-order valence-electron chi connectivity index (χ1n) is 10.0. The summed E-state index contributed by atoms with van der Waals surface area (Å²) < 4.78 is 32.7. The highest BCUT2D eigenvalue weighted by Gasteiger charge is 2.22. The van der Waals surface area contributed by atoms with Crippen molar-refractivity contribution in [3.05, 3.63) is 53.5 Å². The van der Waals surface area contributed by atoms with Gasteiger partial charge in [0.25, 0.3) is 5.91 Å². The topological polar surface area (TPSA) is 121 Å². The average molecular weight is 451 g/mol. The Labute approximate surface area is 183 Å². The molecule has 2 aromatic rings. The fourth-order valence-corrected chi connectivity index (χ4v) is 4.17. The van der Waals surface area contributed by atoms with Crippen molar-refractivity contribution in [1.82, 2.24) is 20.5 Å². The van der Waals surface area contributed by atoms with Crippen LogP contribution in [0.5, 0.6) is 0 Å². The molecule has 0 bridgehead atoms. The van der Waals surface area contributed by atoms with E-state index in [4.69, 9.17) is 4.42 Å². The van der Waals surface area contributed by atoms with Gasteiger partial charge in [-0.2, -0.15) is 0 Å². The molecule has 1 heterocycles. The minimum Gasteiger partial charge on any atom is -0.454 e. The fourth-order valence-electron chi connectivity index (χ4n) is 2.75. The Bertz CT molecular complexity index is 1000. The minimum atomic E-state index is -3.70. The average Bonchev–Trinajstić information content (AvgIpc) is 3.17. The summed E-state index contributed by atoms with van der Waals surface area (Å²) in [5.74, 6) is -0.443. The first-order valence-corrected chi connectivity index (χ1v) is 11.5. The number of nitrogens with one attached hydrogen (secondary N) is 3. The highest BCUT2D eigenvalue weighted by molar-refractivity contribution is 7.89. The molecule has 9 nitrogen and oxygen atoms in total. The molecular weight excluding hydrogens is 420 g/mol. The lowest BCUT2D eigenvalue weighted by Gasteiger charge is -2.20. The van der Waals surface area contributed by atoms with Gasteiger partial charge in [-0.3, -0.25) is 25.3 Å². The van der Waals surface area contributed by atoms with E-state index in [9.17, 15) is 18.0 Å². The van der Waals surface area contributed by atoms with Crippen LogP contribution >= 0.6 is 0 Å². The van der Waals surface area contributed by atoms with Gasteiger partial charge in [0.1, 0.15) is 5.76 Å². The number of carbonyl (C=O) groups excluding carboxylic acids is 2. The molecule has 0 fully saturated rings. The van der Waals surface area contributed by atoms with Crippen LogP contribution < -0.4 is 15.6 Å². The second-order valence-electron chi connectivity index (χ2n) is 8.02. The Morgan fingerprint density at radius 2 is 1.52 bits per heavy atom. The zero-order valence-electron chi connectivity index (χ0n) is 18.5. The van der Waals surface area contributed by atoms with E-state index < -0.39 is 27.4 Å². The molecular formula is C21H30N4O5S. The number of carbonyl (C=O) groups is 2. The lowest BCUT2D eigenvalue weighted by atomic mass is 10.1. The number of benzene rings is 1. The van der Waals surface area contributed by atoms with E-state index in [0.29, 0.717) is 12.3 Å². The van der Waals surface area contributed by atoms with E-state index >= 15 is 0 Å². The number of sulfonamides is 1. The maximum absolute atomic E-state index is 12.3. The quantitative estimate of drug-likeness (QED) is 0.531. The summed E-state index contributed by atoms with van der Waals surface area (Å²) in [6.07, 6.45) is 0. The highest BCUT2D eigenvalue weighted by atomic mass is 32.2. The number of nitrogens with zero attached hydrogens (tertiary/aromatic N) is 1. The van der Waals surface area contributed by atoms with Crippen molar-refractivity contribution in [3.63, 3.8) is 0 Å². The van der Waals surface area contributed by atoms with Crippen LogP contribution in [0.3, 0.4) is 0 Å². The van der Waals surface area contributed by atoms with Crippen LogP contribution in [0.4, 0.5) is 0 Å². The zero-order chi connectivity index (χ0) is 23.2. The van der Waals surface area contributed by atoms with Crippen LogP contribution in [0, 0.1) is 0 Å². The molecule has 3 N–H and O–H groups in total. The lowest BCUT2D eigenvalue weighted by Crippen LogP contribution is -2.41. The number of amides is 2. The van der Waals surface area contributed by atoms with Crippen LogP contribution in [0.1, 0.15) is 61.3 Å². The van der Waals surface area contributed by atoms with Gasteiger partial charge < -0.3 is 4.42 Å². The Kier molecular flexibility index (Phi) is 7.99. The molecule has 0 aliphatic rings. The number of hydrazine groups is 1. The second kappa shape index (κ2) is 10.1. The van der Waals surface area contributed by atoms with Gasteiger partial charge in [0.05, 0.1) is 11.4 Å². The predicted octanol–water partition coefficient (Wildman–Crippen LogP) is 2.27. The number of hydrogen-bond acceptors (Lipinski definition) is 6. The Morgan fingerprint density at radius 3 is 2.06 bits per heavy atom. The monoisotopic (exact) mass is 450 g/mol. The van der Waals surface area contributed by atoms with Gasteiger partial charge in [0.2, 0.25) is 10.0 Å². The zero-order valence-corrected chi connectivity index (χ0v) is 19.3. The van der Waals surface area contributed by atoms with Crippen molar-refractivity contribution in [2.75, 3.05) is 13.1 Å². The van der Waals surface area contributed by atoms with E-state index in [-0.39, 0.29) is 16.2 Å². The third kappa shape index (κ3) is 7.20. The van der Waals surface area contributed by atoms with Gasteiger partial charge in [-0.25, -0.2) is 13.1 Å². The lowest BCUT2D eigenvalue weighted by molar-refractivity contribution is 0.0829. The molecule has 0 saturated heterocycles. The molecule has 0 aliphatic heterocycles. The molecule has 0 unspecified atom stereocenters. The molecule has 1 aromatic carbocycles. The van der Waals surface area contributed by atoms with Gasteiger partial charge in [0.15, 0.2) is 5.76 Å². The molecule has 31 heavy (non-hydrogen) atoms. The summed E-state index contributed by atoms with van der Waals surface area (Å²) in [6, 6.07) is 8.66. The first-order chi connectivity index (χ1) is 14.4. The first kappa shape index (κ1) is 24.6. The van der Waals surface area contributed by atoms with E-state index in [1.165, 1.54) is 24.3 Å². The minimum absolute atomic E-state index is 0.0410. The molecule has 2 rings (SSSR count). The van der Waals surface area contributed by atoms with Gasteiger partial charge in [-0.15, -0.1) is 0 Å². The summed E-state index contributed by atoms with van der Waals surface area (Å²) >= 11 is 0. The van der Waals surface area contributed by atoms with Crippen LogP contribution in [0.15, 0.2) is 45.7 Å². The molecule has 0 radical (unpaired) electrons.